The van der Waals surface area contributed by atoms with E-state index in [1.165, 1.54) is 22.5 Å². The van der Waals surface area contributed by atoms with E-state index in [2.05, 4.69) is 46.4 Å². The van der Waals surface area contributed by atoms with Crippen LogP contribution in [-0.4, -0.2) is 14.8 Å². The van der Waals surface area contributed by atoms with Crippen molar-refractivity contribution >= 4 is 23.0 Å². The molecule has 0 radical (unpaired) electrons. The van der Waals surface area contributed by atoms with Gasteiger partial charge in [0.15, 0.2) is 5.78 Å². The third kappa shape index (κ3) is 3.09. The summed E-state index contributed by atoms with van der Waals surface area (Å²) in [4.78, 5) is 13.4. The number of carbonyl (C=O) groups excluding carboxylic acids is 1. The lowest BCUT2D eigenvalue weighted by atomic mass is 9.96. The highest BCUT2D eigenvalue weighted by Gasteiger charge is 2.28. The molecule has 30 heavy (non-hydrogen) atoms. The Bertz CT molecular complexity index is 1220. The summed E-state index contributed by atoms with van der Waals surface area (Å²) in [6.07, 6.45) is 6.81. The number of nitrogens with zero attached hydrogens (tertiary/aromatic N) is 2. The van der Waals surface area contributed by atoms with Crippen LogP contribution in [0.25, 0.3) is 28.0 Å². The number of imidazole rings is 1. The van der Waals surface area contributed by atoms with Gasteiger partial charge < -0.3 is 4.57 Å². The van der Waals surface area contributed by atoms with Gasteiger partial charge in [-0.2, -0.15) is 0 Å². The molecule has 5 rings (SSSR count). The van der Waals surface area contributed by atoms with E-state index in [0.717, 1.165) is 49.0 Å². The molecular weight excluding hydrogens is 392 g/mol. The molecule has 3 nitrogen and oxygen atoms in total. The molecule has 0 fully saturated rings. The molecule has 4 aromatic rings. The van der Waals surface area contributed by atoms with Crippen molar-refractivity contribution in [3.05, 3.63) is 77.1 Å². The predicted molar refractivity (Wildman–Crippen MR) is 123 cm³/mol. The molecule has 0 spiro atoms. The summed E-state index contributed by atoms with van der Waals surface area (Å²) in [6, 6.07) is 18.4. The Labute approximate surface area is 181 Å². The molecule has 152 valence electrons. The van der Waals surface area contributed by atoms with Crippen LogP contribution in [0.5, 0.6) is 0 Å². The molecule has 0 bridgehead atoms. The minimum atomic E-state index is 0.209. The topological polar surface area (TPSA) is 26.4 Å². The molecule has 2 aromatic heterocycles. The zero-order valence-corrected chi connectivity index (χ0v) is 18.0. The molecule has 4 heteroatoms. The summed E-state index contributed by atoms with van der Waals surface area (Å²) in [5, 5.41) is 0.714. The van der Waals surface area contributed by atoms with Crippen molar-refractivity contribution in [1.82, 2.24) is 8.97 Å². The van der Waals surface area contributed by atoms with E-state index < -0.39 is 0 Å². The first kappa shape index (κ1) is 19.2. The number of aryl methyl sites for hydroxylation is 2. The fourth-order valence-electron chi connectivity index (χ4n) is 4.77. The molecule has 0 saturated carbocycles. The number of ketones is 1. The first-order valence-corrected chi connectivity index (χ1v) is 11.2. The van der Waals surface area contributed by atoms with Gasteiger partial charge in [-0.3, -0.25) is 9.20 Å². The van der Waals surface area contributed by atoms with Crippen molar-refractivity contribution in [3.8, 4) is 22.4 Å². The van der Waals surface area contributed by atoms with Crippen molar-refractivity contribution in [2.24, 2.45) is 0 Å². The Morgan fingerprint density at radius 2 is 1.77 bits per heavy atom. The van der Waals surface area contributed by atoms with Gasteiger partial charge in [-0.15, -0.1) is 0 Å². The predicted octanol–water partition coefficient (Wildman–Crippen LogP) is 7.05. The van der Waals surface area contributed by atoms with E-state index in [4.69, 9.17) is 11.6 Å². The van der Waals surface area contributed by atoms with E-state index in [-0.39, 0.29) is 5.78 Å². The van der Waals surface area contributed by atoms with Gasteiger partial charge in [-0.05, 0) is 48.9 Å². The van der Waals surface area contributed by atoms with Gasteiger partial charge in [0.05, 0.1) is 11.4 Å². The number of aromatic nitrogens is 2. The number of Topliss-reactive ketones (excluding diaryl/α,β-unsaturated/α-hetero) is 1. The first-order chi connectivity index (χ1) is 14.7. The first-order valence-electron chi connectivity index (χ1n) is 10.8. The Kier molecular flexibility index (Phi) is 5.00. The summed E-state index contributed by atoms with van der Waals surface area (Å²) < 4.78 is 4.59. The normalized spacial score (nSPS) is 13.5. The smallest absolute Gasteiger partial charge is 0.180 e. The van der Waals surface area contributed by atoms with Crippen molar-refractivity contribution in [2.75, 3.05) is 0 Å². The lowest BCUT2D eigenvalue weighted by Crippen LogP contribution is -2.04. The minimum Gasteiger partial charge on any atom is -0.325 e. The molecule has 0 amide bonds. The summed E-state index contributed by atoms with van der Waals surface area (Å²) in [6.45, 7) is 3.04. The average Bonchev–Trinajstić information content (AvgIpc) is 3.18. The number of carbonyl (C=O) groups is 1. The summed E-state index contributed by atoms with van der Waals surface area (Å²) in [7, 11) is 0. The standard InChI is InChI=1S/C26H25ClN2O/c1-2-8-23(30)25-24(19-12-14-20(27)15-13-19)21-11-6-7-16-28-22(17-29(25)26(21)28)18-9-4-3-5-10-18/h3-5,9-10,12-15,17H,2,6-8,11,16H2,1H3. The molecule has 2 aromatic carbocycles. The van der Waals surface area contributed by atoms with Crippen LogP contribution in [0.4, 0.5) is 0 Å². The van der Waals surface area contributed by atoms with Gasteiger partial charge >= 0.3 is 0 Å². The Hall–Kier alpha value is -2.78. The van der Waals surface area contributed by atoms with E-state index in [1.807, 2.05) is 30.3 Å². The summed E-state index contributed by atoms with van der Waals surface area (Å²) in [5.41, 5.74) is 7.83. The van der Waals surface area contributed by atoms with Gasteiger partial charge in [0.2, 0.25) is 0 Å². The lowest BCUT2D eigenvalue weighted by molar-refractivity contribution is 0.0977. The van der Waals surface area contributed by atoms with Crippen LogP contribution < -0.4 is 0 Å². The summed E-state index contributed by atoms with van der Waals surface area (Å²) in [5.74, 6) is 0.209. The van der Waals surface area contributed by atoms with Crippen LogP contribution in [0, 0.1) is 0 Å². The number of hydrogen-bond donors (Lipinski definition) is 0. The van der Waals surface area contributed by atoms with Gasteiger partial charge in [-0.1, -0.05) is 61.0 Å². The maximum absolute atomic E-state index is 13.4. The highest BCUT2D eigenvalue weighted by molar-refractivity contribution is 6.30. The third-order valence-corrected chi connectivity index (χ3v) is 6.33. The molecule has 1 aliphatic heterocycles. The quantitative estimate of drug-likeness (QED) is 0.320. The van der Waals surface area contributed by atoms with Crippen LogP contribution in [-0.2, 0) is 13.0 Å². The minimum absolute atomic E-state index is 0.209. The molecule has 0 atom stereocenters. The Balaban J connectivity index is 1.84. The Morgan fingerprint density at radius 1 is 1.00 bits per heavy atom. The zero-order valence-electron chi connectivity index (χ0n) is 17.2. The van der Waals surface area contributed by atoms with Crippen molar-refractivity contribution < 1.29 is 4.79 Å². The van der Waals surface area contributed by atoms with Crippen molar-refractivity contribution in [1.29, 1.82) is 0 Å². The van der Waals surface area contributed by atoms with Gasteiger partial charge in [0, 0.05) is 35.3 Å². The van der Waals surface area contributed by atoms with Gasteiger partial charge in [0.1, 0.15) is 5.65 Å². The second-order valence-corrected chi connectivity index (χ2v) is 8.50. The van der Waals surface area contributed by atoms with Crippen LogP contribution in [0.3, 0.4) is 0 Å². The van der Waals surface area contributed by atoms with Crippen LogP contribution >= 0.6 is 11.6 Å². The number of benzene rings is 2. The van der Waals surface area contributed by atoms with E-state index >= 15 is 0 Å². The van der Waals surface area contributed by atoms with E-state index in [1.54, 1.807) is 0 Å². The number of rotatable bonds is 5. The van der Waals surface area contributed by atoms with E-state index in [0.29, 0.717) is 11.4 Å². The maximum Gasteiger partial charge on any atom is 0.180 e. The third-order valence-electron chi connectivity index (χ3n) is 6.08. The second-order valence-electron chi connectivity index (χ2n) is 8.06. The van der Waals surface area contributed by atoms with Crippen molar-refractivity contribution in [3.63, 3.8) is 0 Å². The zero-order chi connectivity index (χ0) is 20.7. The van der Waals surface area contributed by atoms with Crippen LogP contribution in [0.1, 0.15) is 48.7 Å². The fourth-order valence-corrected chi connectivity index (χ4v) is 4.90. The van der Waals surface area contributed by atoms with E-state index in [9.17, 15) is 4.79 Å². The van der Waals surface area contributed by atoms with Gasteiger partial charge in [0.25, 0.3) is 0 Å². The maximum atomic E-state index is 13.4. The highest BCUT2D eigenvalue weighted by atomic mass is 35.5. The monoisotopic (exact) mass is 416 g/mol. The molecular formula is C26H25ClN2O. The number of hydrogen-bond acceptors (Lipinski definition) is 1. The average molecular weight is 417 g/mol. The molecule has 0 saturated heterocycles. The largest absolute Gasteiger partial charge is 0.325 e. The molecule has 0 N–H and O–H groups in total. The van der Waals surface area contributed by atoms with Crippen LogP contribution in [0.15, 0.2) is 60.8 Å². The van der Waals surface area contributed by atoms with Crippen molar-refractivity contribution in [2.45, 2.75) is 45.6 Å². The summed E-state index contributed by atoms with van der Waals surface area (Å²) >= 11 is 6.16. The highest BCUT2D eigenvalue weighted by Crippen LogP contribution is 2.40. The molecule has 0 aliphatic carbocycles. The fraction of sp³-hybridized carbons (Fsp3) is 0.269. The Morgan fingerprint density at radius 3 is 2.50 bits per heavy atom. The molecule has 1 aliphatic rings. The second kappa shape index (κ2) is 7.81. The van der Waals surface area contributed by atoms with Crippen LogP contribution in [0.2, 0.25) is 5.02 Å². The molecule has 0 unspecified atom stereocenters. The SMILES string of the molecule is CCCC(=O)c1c(-c2ccc(Cl)cc2)c2c3n(c(-c4ccccc4)cn13)CCCC2. The lowest BCUT2D eigenvalue weighted by Gasteiger charge is -2.09. The number of halogens is 1. The van der Waals surface area contributed by atoms with Gasteiger partial charge in [-0.25, -0.2) is 0 Å². The molecule has 3 heterocycles.